The largest absolute Gasteiger partial charge is 0.497 e. The van der Waals surface area contributed by atoms with E-state index in [9.17, 15) is 0 Å². The molecule has 8 nitrogen and oxygen atoms in total. The van der Waals surface area contributed by atoms with Crippen molar-refractivity contribution in [2.75, 3.05) is 57.7 Å². The van der Waals surface area contributed by atoms with Gasteiger partial charge in [0.05, 0.1) is 18.2 Å². The number of ether oxygens (including phenoxy) is 1. The number of hydrogen-bond donors (Lipinski definition) is 0. The van der Waals surface area contributed by atoms with Crippen molar-refractivity contribution in [3.8, 4) is 5.75 Å². The summed E-state index contributed by atoms with van der Waals surface area (Å²) >= 11 is 0. The van der Waals surface area contributed by atoms with Gasteiger partial charge in [0.15, 0.2) is 5.65 Å². The molecule has 0 aliphatic carbocycles. The summed E-state index contributed by atoms with van der Waals surface area (Å²) in [6, 6.07) is 8.23. The van der Waals surface area contributed by atoms with E-state index in [1.807, 2.05) is 30.9 Å². The minimum atomic E-state index is 0.741. The Balaban J connectivity index is 1.69. The molecule has 0 bridgehead atoms. The summed E-state index contributed by atoms with van der Waals surface area (Å²) in [5, 5.41) is 5.78. The van der Waals surface area contributed by atoms with Crippen LogP contribution >= 0.6 is 0 Å². The average molecular weight is 396 g/mol. The van der Waals surface area contributed by atoms with Crippen LogP contribution in [0.3, 0.4) is 0 Å². The zero-order chi connectivity index (χ0) is 20.5. The summed E-state index contributed by atoms with van der Waals surface area (Å²) in [5.41, 5.74) is 3.22. The summed E-state index contributed by atoms with van der Waals surface area (Å²) in [7, 11) is 9.85. The van der Waals surface area contributed by atoms with Gasteiger partial charge in [-0.3, -0.25) is 0 Å². The number of likely N-dealkylation sites (N-methyl/N-ethyl adjacent to an activating group) is 2. The molecule has 0 radical (unpaired) electrons. The predicted molar refractivity (Wildman–Crippen MR) is 116 cm³/mol. The van der Waals surface area contributed by atoms with Crippen molar-refractivity contribution in [2.24, 2.45) is 7.05 Å². The maximum atomic E-state index is 5.28. The Morgan fingerprint density at radius 3 is 2.52 bits per heavy atom. The first-order valence-electron chi connectivity index (χ1n) is 9.93. The fourth-order valence-corrected chi connectivity index (χ4v) is 3.67. The Labute approximate surface area is 171 Å². The lowest BCUT2D eigenvalue weighted by Crippen LogP contribution is -2.32. The molecule has 154 valence electrons. The Morgan fingerprint density at radius 1 is 1.07 bits per heavy atom. The van der Waals surface area contributed by atoms with Crippen LogP contribution in [-0.2, 0) is 20.0 Å². The number of aryl methyl sites for hydroxylation is 1. The first kappa shape index (κ1) is 19.4. The highest BCUT2D eigenvalue weighted by Crippen LogP contribution is 2.33. The van der Waals surface area contributed by atoms with Crippen molar-refractivity contribution in [2.45, 2.75) is 13.0 Å². The van der Waals surface area contributed by atoms with Crippen LogP contribution in [0.4, 0.5) is 11.8 Å². The molecule has 3 heterocycles. The van der Waals surface area contributed by atoms with E-state index >= 15 is 0 Å². The molecule has 3 aromatic rings. The van der Waals surface area contributed by atoms with Crippen molar-refractivity contribution in [1.29, 1.82) is 0 Å². The van der Waals surface area contributed by atoms with E-state index in [-0.39, 0.29) is 0 Å². The van der Waals surface area contributed by atoms with Crippen LogP contribution in [0.1, 0.15) is 11.3 Å². The molecule has 0 spiro atoms. The smallest absolute Gasteiger partial charge is 0.229 e. The molecule has 0 amide bonds. The summed E-state index contributed by atoms with van der Waals surface area (Å²) in [5.74, 6) is 2.59. The van der Waals surface area contributed by atoms with E-state index in [4.69, 9.17) is 19.8 Å². The Bertz CT molecular complexity index is 996. The number of benzene rings is 1. The lowest BCUT2D eigenvalue weighted by atomic mass is 10.1. The van der Waals surface area contributed by atoms with Gasteiger partial charge in [0, 0.05) is 46.7 Å². The summed E-state index contributed by atoms with van der Waals surface area (Å²) in [6.07, 6.45) is 0.902. The molecule has 0 N–H and O–H groups in total. The van der Waals surface area contributed by atoms with Crippen LogP contribution in [-0.4, -0.2) is 72.5 Å². The molecule has 1 aliphatic rings. The number of hydrogen-bond acceptors (Lipinski definition) is 7. The third kappa shape index (κ3) is 3.85. The predicted octanol–water partition coefficient (Wildman–Crippen LogP) is 1.93. The van der Waals surface area contributed by atoms with E-state index in [0.29, 0.717) is 0 Å². The minimum Gasteiger partial charge on any atom is -0.497 e. The normalized spacial score (nSPS) is 13.4. The van der Waals surface area contributed by atoms with Gasteiger partial charge in [0.25, 0.3) is 0 Å². The zero-order valence-electron chi connectivity index (χ0n) is 17.9. The second kappa shape index (κ2) is 7.87. The van der Waals surface area contributed by atoms with Crippen molar-refractivity contribution in [1.82, 2.24) is 24.6 Å². The van der Waals surface area contributed by atoms with E-state index in [0.717, 1.165) is 66.8 Å². The van der Waals surface area contributed by atoms with Gasteiger partial charge in [0.2, 0.25) is 5.95 Å². The van der Waals surface area contributed by atoms with Crippen LogP contribution < -0.4 is 14.5 Å². The molecule has 0 saturated carbocycles. The molecule has 0 saturated heterocycles. The standard InChI is InChI=1S/C21H29N7O/c1-25(2)12-13-26(3)21-22-19-18-17(24-27(19)4)10-11-28(20(18)23-21)14-15-6-8-16(29-5)9-7-15/h6-9H,10-14H2,1-5H3. The molecule has 1 aromatic carbocycles. The lowest BCUT2D eigenvalue weighted by Gasteiger charge is -2.29. The minimum absolute atomic E-state index is 0.741. The fraction of sp³-hybridized carbons (Fsp3) is 0.476. The first-order chi connectivity index (χ1) is 14.0. The second-order valence-electron chi connectivity index (χ2n) is 7.86. The van der Waals surface area contributed by atoms with Crippen LogP contribution in [0.5, 0.6) is 5.75 Å². The van der Waals surface area contributed by atoms with E-state index in [1.54, 1.807) is 7.11 Å². The van der Waals surface area contributed by atoms with Crippen LogP contribution in [0.2, 0.25) is 0 Å². The second-order valence-corrected chi connectivity index (χ2v) is 7.86. The molecule has 0 atom stereocenters. The fourth-order valence-electron chi connectivity index (χ4n) is 3.67. The Morgan fingerprint density at radius 2 is 1.83 bits per heavy atom. The van der Waals surface area contributed by atoms with Gasteiger partial charge in [-0.25, -0.2) is 4.68 Å². The summed E-state index contributed by atoms with van der Waals surface area (Å²) in [4.78, 5) is 16.4. The van der Waals surface area contributed by atoms with Crippen molar-refractivity contribution in [3.63, 3.8) is 0 Å². The maximum absolute atomic E-state index is 5.28. The molecule has 0 fully saturated rings. The number of nitrogens with zero attached hydrogens (tertiary/aromatic N) is 7. The van der Waals surface area contributed by atoms with Gasteiger partial charge >= 0.3 is 0 Å². The van der Waals surface area contributed by atoms with Crippen molar-refractivity contribution >= 4 is 22.8 Å². The summed E-state index contributed by atoms with van der Waals surface area (Å²) in [6.45, 7) is 3.49. The molecule has 8 heteroatoms. The van der Waals surface area contributed by atoms with Crippen LogP contribution in [0.25, 0.3) is 11.0 Å². The quantitative estimate of drug-likeness (QED) is 0.606. The van der Waals surface area contributed by atoms with Gasteiger partial charge < -0.3 is 19.4 Å². The Kier molecular flexibility index (Phi) is 5.27. The van der Waals surface area contributed by atoms with Crippen molar-refractivity contribution < 1.29 is 4.74 Å². The molecule has 1 aliphatic heterocycles. The molecule has 4 rings (SSSR count). The highest BCUT2D eigenvalue weighted by Gasteiger charge is 2.26. The number of anilines is 2. The van der Waals surface area contributed by atoms with E-state index < -0.39 is 0 Å². The van der Waals surface area contributed by atoms with Gasteiger partial charge in [-0.2, -0.15) is 15.1 Å². The van der Waals surface area contributed by atoms with E-state index in [2.05, 4.69) is 40.9 Å². The average Bonchev–Trinajstić information content (AvgIpc) is 3.05. The summed E-state index contributed by atoms with van der Waals surface area (Å²) < 4.78 is 7.17. The lowest BCUT2D eigenvalue weighted by molar-refractivity contribution is 0.414. The zero-order valence-corrected chi connectivity index (χ0v) is 17.9. The van der Waals surface area contributed by atoms with Gasteiger partial charge in [-0.05, 0) is 31.8 Å². The molecule has 29 heavy (non-hydrogen) atoms. The third-order valence-electron chi connectivity index (χ3n) is 5.40. The first-order valence-corrected chi connectivity index (χ1v) is 9.93. The molecule has 0 unspecified atom stereocenters. The molecular weight excluding hydrogens is 366 g/mol. The van der Waals surface area contributed by atoms with E-state index in [1.165, 1.54) is 5.56 Å². The SMILES string of the molecule is COc1ccc(CN2CCc3nn(C)c4nc(N(C)CCN(C)C)nc2c34)cc1. The Hall–Kier alpha value is -2.87. The topological polar surface area (TPSA) is 62.6 Å². The third-order valence-corrected chi connectivity index (χ3v) is 5.40. The molecule has 2 aromatic heterocycles. The van der Waals surface area contributed by atoms with Gasteiger partial charge in [0.1, 0.15) is 11.6 Å². The van der Waals surface area contributed by atoms with Crippen LogP contribution in [0.15, 0.2) is 24.3 Å². The monoisotopic (exact) mass is 395 g/mol. The van der Waals surface area contributed by atoms with Crippen molar-refractivity contribution in [3.05, 3.63) is 35.5 Å². The highest BCUT2D eigenvalue weighted by atomic mass is 16.5. The maximum Gasteiger partial charge on any atom is 0.229 e. The number of aromatic nitrogens is 4. The van der Waals surface area contributed by atoms with Crippen LogP contribution in [0, 0.1) is 0 Å². The number of methoxy groups -OCH3 is 1. The van der Waals surface area contributed by atoms with Gasteiger partial charge in [-0.1, -0.05) is 12.1 Å². The number of rotatable bonds is 7. The highest BCUT2D eigenvalue weighted by molar-refractivity contribution is 5.92. The molecular formula is C21H29N7O. The van der Waals surface area contributed by atoms with Gasteiger partial charge in [-0.15, -0.1) is 0 Å².